The lowest BCUT2D eigenvalue weighted by Crippen LogP contribution is -2.48. The van der Waals surface area contributed by atoms with Crippen LogP contribution in [0.3, 0.4) is 0 Å². The van der Waals surface area contributed by atoms with E-state index in [4.69, 9.17) is 10.5 Å². The van der Waals surface area contributed by atoms with Gasteiger partial charge in [0, 0.05) is 30.4 Å². The maximum absolute atomic E-state index is 12.8. The second kappa shape index (κ2) is 8.89. The third-order valence-electron chi connectivity index (χ3n) is 5.95. The predicted octanol–water partition coefficient (Wildman–Crippen LogP) is 3.34. The fraction of sp³-hybridized carbons (Fsp3) is 0.304. The molecule has 1 unspecified atom stereocenters. The van der Waals surface area contributed by atoms with Crippen molar-refractivity contribution in [3.8, 4) is 28.3 Å². The first-order valence-electron chi connectivity index (χ1n) is 10.7. The zero-order valence-corrected chi connectivity index (χ0v) is 17.8. The molecule has 3 N–H and O–H groups in total. The topological polar surface area (TPSA) is 93.8 Å². The summed E-state index contributed by atoms with van der Waals surface area (Å²) in [7, 11) is 0. The molecule has 1 saturated heterocycles. The van der Waals surface area contributed by atoms with Gasteiger partial charge >= 0.3 is 6.55 Å². The molecule has 1 aliphatic rings. The number of ether oxygens (including phenoxy) is 1. The summed E-state index contributed by atoms with van der Waals surface area (Å²) in [5.74, 6) is 0.689. The van der Waals surface area contributed by atoms with Gasteiger partial charge in [-0.2, -0.15) is 13.9 Å². The van der Waals surface area contributed by atoms with E-state index in [0.717, 1.165) is 35.3 Å². The Balaban J connectivity index is 1.40. The Morgan fingerprint density at radius 2 is 1.73 bits per heavy atom. The first-order valence-corrected chi connectivity index (χ1v) is 10.7. The van der Waals surface area contributed by atoms with Crippen LogP contribution in [0.1, 0.15) is 19.4 Å². The monoisotopic (exact) mass is 454 g/mol. The molecule has 0 amide bonds. The molecular formula is C23H24F2N6O2. The predicted molar refractivity (Wildman–Crippen MR) is 119 cm³/mol. The summed E-state index contributed by atoms with van der Waals surface area (Å²) in [6.45, 7) is -1.33. The third-order valence-corrected chi connectivity index (χ3v) is 5.95. The van der Waals surface area contributed by atoms with Crippen LogP contribution in [0, 0.1) is 0 Å². The van der Waals surface area contributed by atoms with Crippen LogP contribution in [0.5, 0.6) is 5.88 Å². The molecular weight excluding hydrogens is 430 g/mol. The lowest BCUT2D eigenvalue weighted by atomic mass is 10.1. The number of alkyl halides is 2. The Bertz CT molecular complexity index is 1230. The largest absolute Gasteiger partial charge is 0.475 e. The van der Waals surface area contributed by atoms with E-state index in [1.165, 1.54) is 12.4 Å². The Morgan fingerprint density at radius 1 is 1.00 bits per heavy atom. The Morgan fingerprint density at radius 3 is 2.39 bits per heavy atom. The summed E-state index contributed by atoms with van der Waals surface area (Å²) in [6.07, 6.45) is 5.13. The van der Waals surface area contributed by atoms with Gasteiger partial charge < -0.3 is 9.84 Å². The second-order valence-corrected chi connectivity index (χ2v) is 8.03. The maximum atomic E-state index is 12.8. The zero-order valence-electron chi connectivity index (χ0n) is 17.8. The van der Waals surface area contributed by atoms with Gasteiger partial charge in [-0.05, 0) is 30.5 Å². The van der Waals surface area contributed by atoms with Crippen molar-refractivity contribution >= 4 is 5.65 Å². The minimum absolute atomic E-state index is 0.00889. The summed E-state index contributed by atoms with van der Waals surface area (Å²) < 4.78 is 34.6. The highest BCUT2D eigenvalue weighted by atomic mass is 19.3. The molecule has 0 spiro atoms. The Hall–Kier alpha value is -3.34. The van der Waals surface area contributed by atoms with Crippen LogP contribution in [0.2, 0.25) is 0 Å². The summed E-state index contributed by atoms with van der Waals surface area (Å²) in [4.78, 5) is 6.33. The number of pyridine rings is 1. The number of nitrogens with zero attached hydrogens (tertiary/aromatic N) is 5. The molecule has 8 nitrogen and oxygen atoms in total. The van der Waals surface area contributed by atoms with E-state index < -0.39 is 12.9 Å². The van der Waals surface area contributed by atoms with Gasteiger partial charge in [0.05, 0.1) is 18.1 Å². The molecule has 5 rings (SSSR count). The van der Waals surface area contributed by atoms with Crippen LogP contribution >= 0.6 is 0 Å². The van der Waals surface area contributed by atoms with E-state index in [9.17, 15) is 13.9 Å². The standard InChI is InChI=1S/C23H24F2N6O2/c24-22(25)30-14-17(12-28-30)15-4-6-16(7-5-15)19-13-27-20-2-1-3-21(31(19)20)33-18-8-10-29(11-9-18)23(26)32/h1-7,12-14,18,22-23,32H,8-11,26H2. The van der Waals surface area contributed by atoms with Crippen molar-refractivity contribution in [2.24, 2.45) is 5.73 Å². The fourth-order valence-electron chi connectivity index (χ4n) is 4.16. The van der Waals surface area contributed by atoms with Gasteiger partial charge in [0.25, 0.3) is 0 Å². The number of aromatic nitrogens is 4. The van der Waals surface area contributed by atoms with Gasteiger partial charge in [-0.25, -0.2) is 9.67 Å². The van der Waals surface area contributed by atoms with Crippen LogP contribution in [0.15, 0.2) is 61.1 Å². The first kappa shape index (κ1) is 21.5. The van der Waals surface area contributed by atoms with E-state index in [2.05, 4.69) is 10.1 Å². The molecule has 1 atom stereocenters. The molecule has 33 heavy (non-hydrogen) atoms. The van der Waals surface area contributed by atoms with Crippen molar-refractivity contribution < 1.29 is 18.6 Å². The van der Waals surface area contributed by atoms with Crippen molar-refractivity contribution in [3.05, 3.63) is 61.1 Å². The molecule has 0 bridgehead atoms. The molecule has 0 radical (unpaired) electrons. The summed E-state index contributed by atoms with van der Waals surface area (Å²) in [5, 5.41) is 13.3. The van der Waals surface area contributed by atoms with E-state index >= 15 is 0 Å². The number of fused-ring (bicyclic) bond motifs is 1. The van der Waals surface area contributed by atoms with Gasteiger partial charge in [-0.15, -0.1) is 0 Å². The number of hydrogen-bond donors (Lipinski definition) is 2. The number of rotatable bonds is 6. The summed E-state index contributed by atoms with van der Waals surface area (Å²) >= 11 is 0. The number of hydrogen-bond acceptors (Lipinski definition) is 6. The van der Waals surface area contributed by atoms with Crippen LogP contribution in [0.4, 0.5) is 8.78 Å². The normalized spacial score (nSPS) is 16.5. The maximum Gasteiger partial charge on any atom is 0.333 e. The lowest BCUT2D eigenvalue weighted by Gasteiger charge is -2.33. The number of benzene rings is 1. The molecule has 0 saturated carbocycles. The Labute approximate surface area is 188 Å². The number of nitrogens with two attached hydrogens (primary N) is 1. The van der Waals surface area contributed by atoms with Crippen molar-refractivity contribution in [1.82, 2.24) is 24.1 Å². The van der Waals surface area contributed by atoms with Crippen molar-refractivity contribution in [2.75, 3.05) is 13.1 Å². The van der Waals surface area contributed by atoms with Gasteiger partial charge in [0.15, 0.2) is 12.2 Å². The Kier molecular flexibility index (Phi) is 5.79. The van der Waals surface area contributed by atoms with Gasteiger partial charge in [-0.1, -0.05) is 30.3 Å². The molecule has 4 heterocycles. The fourth-order valence-corrected chi connectivity index (χ4v) is 4.16. The summed E-state index contributed by atoms with van der Waals surface area (Å²) in [6, 6.07) is 13.3. The van der Waals surface area contributed by atoms with Crippen molar-refractivity contribution in [3.63, 3.8) is 0 Å². The smallest absolute Gasteiger partial charge is 0.333 e. The average molecular weight is 454 g/mol. The molecule has 1 aromatic carbocycles. The molecule has 1 fully saturated rings. The number of aliphatic hydroxyl groups is 1. The highest BCUT2D eigenvalue weighted by Gasteiger charge is 2.24. The van der Waals surface area contributed by atoms with Gasteiger partial charge in [-0.3, -0.25) is 15.0 Å². The summed E-state index contributed by atoms with van der Waals surface area (Å²) in [5.41, 5.74) is 9.53. The van der Waals surface area contributed by atoms with Gasteiger partial charge in [0.1, 0.15) is 11.8 Å². The number of aliphatic hydroxyl groups excluding tert-OH is 1. The zero-order chi connectivity index (χ0) is 22.9. The van der Waals surface area contributed by atoms with Crippen LogP contribution in [0.25, 0.3) is 28.0 Å². The van der Waals surface area contributed by atoms with E-state index in [0.29, 0.717) is 29.2 Å². The van der Waals surface area contributed by atoms with Gasteiger partial charge in [0.2, 0.25) is 0 Å². The molecule has 0 aliphatic carbocycles. The SMILES string of the molecule is NC(O)N1CCC(Oc2cccc3ncc(-c4ccc(-c5cnn(C(F)F)c5)cc4)n23)CC1. The van der Waals surface area contributed by atoms with E-state index in [1.807, 2.05) is 51.8 Å². The molecule has 1 aliphatic heterocycles. The van der Waals surface area contributed by atoms with Crippen molar-refractivity contribution in [1.29, 1.82) is 0 Å². The molecule has 4 aromatic rings. The number of imidazole rings is 1. The van der Waals surface area contributed by atoms with Crippen LogP contribution < -0.4 is 10.5 Å². The quantitative estimate of drug-likeness (QED) is 0.434. The highest BCUT2D eigenvalue weighted by Crippen LogP contribution is 2.30. The van der Waals surface area contributed by atoms with Crippen LogP contribution in [-0.2, 0) is 0 Å². The van der Waals surface area contributed by atoms with E-state index in [-0.39, 0.29) is 6.10 Å². The minimum atomic E-state index is -2.66. The molecule has 3 aromatic heterocycles. The third kappa shape index (κ3) is 4.32. The first-order chi connectivity index (χ1) is 16.0. The highest BCUT2D eigenvalue weighted by molar-refractivity contribution is 5.70. The lowest BCUT2D eigenvalue weighted by molar-refractivity contribution is -0.0245. The number of halogens is 2. The van der Waals surface area contributed by atoms with Crippen molar-refractivity contribution in [2.45, 2.75) is 31.8 Å². The number of likely N-dealkylation sites (tertiary alicyclic amines) is 1. The minimum Gasteiger partial charge on any atom is -0.475 e. The second-order valence-electron chi connectivity index (χ2n) is 8.03. The molecule has 10 heteroatoms. The van der Waals surface area contributed by atoms with Crippen LogP contribution in [-0.4, -0.2) is 54.7 Å². The molecule has 172 valence electrons. The van der Waals surface area contributed by atoms with E-state index in [1.54, 1.807) is 6.20 Å². The number of piperidine rings is 1. The average Bonchev–Trinajstić information content (AvgIpc) is 3.48.